The van der Waals surface area contributed by atoms with Crippen LogP contribution in [0.5, 0.6) is 11.5 Å². The molecule has 0 bridgehead atoms. The smallest absolute Gasteiger partial charge is 0.379 e. The summed E-state index contributed by atoms with van der Waals surface area (Å²) in [7, 11) is 2.60. The van der Waals surface area contributed by atoms with E-state index in [2.05, 4.69) is 4.74 Å². The number of rotatable bonds is 5. The van der Waals surface area contributed by atoms with E-state index in [4.69, 9.17) is 19.2 Å². The third-order valence-electron chi connectivity index (χ3n) is 3.85. The number of methoxy groups -OCH3 is 2. The van der Waals surface area contributed by atoms with Crippen LogP contribution in [0.3, 0.4) is 0 Å². The third-order valence-corrected chi connectivity index (χ3v) is 3.85. The Bertz CT molecular complexity index is 1090. The van der Waals surface area contributed by atoms with Gasteiger partial charge in [-0.05, 0) is 35.9 Å². The fourth-order valence-electron chi connectivity index (χ4n) is 2.50. The van der Waals surface area contributed by atoms with Crippen LogP contribution < -0.4 is 9.47 Å². The molecule has 140 valence electrons. The lowest BCUT2D eigenvalue weighted by molar-refractivity contribution is -0.135. The average molecular weight is 377 g/mol. The molecule has 0 saturated carbocycles. The summed E-state index contributed by atoms with van der Waals surface area (Å²) in [6, 6.07) is 15.2. The molecule has 28 heavy (non-hydrogen) atoms. The molecule has 7 nitrogen and oxygen atoms in total. The number of para-hydroxylation sites is 1. The number of hydrogen-bond donors (Lipinski definition) is 0. The van der Waals surface area contributed by atoms with Gasteiger partial charge in [-0.15, -0.1) is 0 Å². The lowest BCUT2D eigenvalue weighted by Crippen LogP contribution is -2.08. The second kappa shape index (κ2) is 8.10. The molecule has 0 radical (unpaired) electrons. The van der Waals surface area contributed by atoms with E-state index in [1.165, 1.54) is 32.4 Å². The summed E-state index contributed by atoms with van der Waals surface area (Å²) in [4.78, 5) is 23.9. The van der Waals surface area contributed by atoms with Crippen molar-refractivity contribution in [2.45, 2.75) is 0 Å². The molecule has 0 spiro atoms. The minimum atomic E-state index is -0.748. The second-order valence-corrected chi connectivity index (χ2v) is 5.61. The quantitative estimate of drug-likeness (QED) is 0.289. The molecule has 1 heterocycles. The second-order valence-electron chi connectivity index (χ2n) is 5.61. The van der Waals surface area contributed by atoms with Gasteiger partial charge in [0, 0.05) is 5.39 Å². The highest BCUT2D eigenvalue weighted by atomic mass is 16.6. The molecule has 0 unspecified atom stereocenters. The maximum Gasteiger partial charge on any atom is 0.379 e. The zero-order valence-electron chi connectivity index (χ0n) is 15.1. The first kappa shape index (κ1) is 18.7. The van der Waals surface area contributed by atoms with E-state index in [9.17, 15) is 9.59 Å². The van der Waals surface area contributed by atoms with Crippen LogP contribution in [-0.4, -0.2) is 26.2 Å². The fourth-order valence-corrected chi connectivity index (χ4v) is 2.50. The van der Waals surface area contributed by atoms with E-state index in [1.807, 2.05) is 12.1 Å². The third kappa shape index (κ3) is 3.86. The number of ether oxygens (including phenoxy) is 3. The highest BCUT2D eigenvalue weighted by Crippen LogP contribution is 2.30. The zero-order valence-corrected chi connectivity index (χ0v) is 15.1. The molecule has 0 saturated heterocycles. The molecule has 0 aliphatic rings. The van der Waals surface area contributed by atoms with Crippen LogP contribution in [0.15, 0.2) is 58.5 Å². The van der Waals surface area contributed by atoms with Gasteiger partial charge < -0.3 is 18.6 Å². The molecule has 0 N–H and O–H groups in total. The number of carbonyl (C=O) groups excluding carboxylic acids is 2. The van der Waals surface area contributed by atoms with Gasteiger partial charge >= 0.3 is 11.9 Å². The summed E-state index contributed by atoms with van der Waals surface area (Å²) in [6.45, 7) is 0. The van der Waals surface area contributed by atoms with Crippen LogP contribution in [0.1, 0.15) is 16.1 Å². The minimum absolute atomic E-state index is 0.0599. The number of nitriles is 1. The molecular formula is C21H15NO6. The van der Waals surface area contributed by atoms with Crippen molar-refractivity contribution in [2.75, 3.05) is 14.2 Å². The van der Waals surface area contributed by atoms with E-state index >= 15 is 0 Å². The van der Waals surface area contributed by atoms with Gasteiger partial charge in [-0.2, -0.15) is 5.26 Å². The first-order chi connectivity index (χ1) is 13.5. The number of carbonyl (C=O) groups is 2. The average Bonchev–Trinajstić information content (AvgIpc) is 3.16. The lowest BCUT2D eigenvalue weighted by atomic mass is 10.1. The molecule has 0 aliphatic heterocycles. The van der Waals surface area contributed by atoms with Crippen molar-refractivity contribution in [3.8, 4) is 17.6 Å². The molecule has 2 aromatic carbocycles. The maximum absolute atomic E-state index is 12.4. The van der Waals surface area contributed by atoms with Crippen LogP contribution >= 0.6 is 0 Å². The summed E-state index contributed by atoms with van der Waals surface area (Å²) < 4.78 is 20.7. The van der Waals surface area contributed by atoms with Crippen LogP contribution in [-0.2, 0) is 9.53 Å². The molecule has 0 aliphatic carbocycles. The number of benzene rings is 2. The molecule has 1 aromatic heterocycles. The van der Waals surface area contributed by atoms with Gasteiger partial charge in [0.2, 0.25) is 5.76 Å². The van der Waals surface area contributed by atoms with Crippen molar-refractivity contribution in [1.29, 1.82) is 5.26 Å². The van der Waals surface area contributed by atoms with Gasteiger partial charge in [0.15, 0.2) is 11.5 Å². The van der Waals surface area contributed by atoms with E-state index in [0.29, 0.717) is 11.1 Å². The Labute approximate surface area is 160 Å². The number of hydrogen-bond acceptors (Lipinski definition) is 7. The summed E-state index contributed by atoms with van der Waals surface area (Å²) in [6.07, 6.45) is 1.35. The fraction of sp³-hybridized carbons (Fsp3) is 0.0952. The van der Waals surface area contributed by atoms with E-state index < -0.39 is 11.9 Å². The topological polar surface area (TPSA) is 98.8 Å². The highest BCUT2D eigenvalue weighted by molar-refractivity contribution is 5.98. The summed E-state index contributed by atoms with van der Waals surface area (Å²) in [5.74, 6) is -0.946. The van der Waals surface area contributed by atoms with Gasteiger partial charge in [-0.1, -0.05) is 24.3 Å². The number of furan rings is 1. The van der Waals surface area contributed by atoms with Crippen molar-refractivity contribution in [2.24, 2.45) is 0 Å². The zero-order chi connectivity index (χ0) is 20.1. The van der Waals surface area contributed by atoms with E-state index in [0.717, 1.165) is 5.39 Å². The maximum atomic E-state index is 12.4. The molecule has 7 heteroatoms. The molecule has 0 amide bonds. The Balaban J connectivity index is 1.86. The van der Waals surface area contributed by atoms with Crippen molar-refractivity contribution in [1.82, 2.24) is 0 Å². The van der Waals surface area contributed by atoms with Crippen molar-refractivity contribution < 1.29 is 28.2 Å². The van der Waals surface area contributed by atoms with Gasteiger partial charge in [0.1, 0.15) is 17.2 Å². The van der Waals surface area contributed by atoms with Gasteiger partial charge in [0.05, 0.1) is 14.2 Å². The lowest BCUT2D eigenvalue weighted by Gasteiger charge is -2.09. The Morgan fingerprint density at radius 2 is 1.86 bits per heavy atom. The van der Waals surface area contributed by atoms with Crippen molar-refractivity contribution >= 4 is 29.0 Å². The Morgan fingerprint density at radius 3 is 2.54 bits per heavy atom. The van der Waals surface area contributed by atoms with Crippen molar-refractivity contribution in [3.63, 3.8) is 0 Å². The molecule has 0 fully saturated rings. The SMILES string of the molecule is COC(=O)/C(C#N)=C/c1ccc(OC(=O)c2cc3ccccc3o2)c(OC)c1. The predicted molar refractivity (Wildman–Crippen MR) is 99.8 cm³/mol. The van der Waals surface area contributed by atoms with Gasteiger partial charge in [0.25, 0.3) is 0 Å². The summed E-state index contributed by atoms with van der Waals surface area (Å²) in [5, 5.41) is 9.83. The van der Waals surface area contributed by atoms with E-state index in [1.54, 1.807) is 30.3 Å². The molecular weight excluding hydrogens is 362 g/mol. The minimum Gasteiger partial charge on any atom is -0.493 e. The first-order valence-electron chi connectivity index (χ1n) is 8.14. The Kier molecular flexibility index (Phi) is 5.42. The first-order valence-corrected chi connectivity index (χ1v) is 8.14. The predicted octanol–water partition coefficient (Wildman–Crippen LogP) is 3.74. The number of esters is 2. The molecule has 3 rings (SSSR count). The Morgan fingerprint density at radius 1 is 1.07 bits per heavy atom. The Hall–Kier alpha value is -4.05. The van der Waals surface area contributed by atoms with E-state index in [-0.39, 0.29) is 22.8 Å². The van der Waals surface area contributed by atoms with Crippen molar-refractivity contribution in [3.05, 3.63) is 65.4 Å². The summed E-state index contributed by atoms with van der Waals surface area (Å²) in [5.41, 5.74) is 0.910. The van der Waals surface area contributed by atoms with Crippen LogP contribution in [0, 0.1) is 11.3 Å². The standard InChI is InChI=1S/C21H15NO6/c1-25-18-10-13(9-15(12-22)20(23)26-2)7-8-17(18)28-21(24)19-11-14-5-3-4-6-16(14)27-19/h3-11H,1-2H3/b15-9+. The highest BCUT2D eigenvalue weighted by Gasteiger charge is 2.17. The number of fused-ring (bicyclic) bond motifs is 1. The normalized spacial score (nSPS) is 11.0. The number of nitrogens with zero attached hydrogens (tertiary/aromatic N) is 1. The largest absolute Gasteiger partial charge is 0.493 e. The monoisotopic (exact) mass is 377 g/mol. The van der Waals surface area contributed by atoms with Crippen LogP contribution in [0.25, 0.3) is 17.0 Å². The summed E-state index contributed by atoms with van der Waals surface area (Å²) >= 11 is 0. The molecule has 3 aromatic rings. The van der Waals surface area contributed by atoms with Crippen LogP contribution in [0.2, 0.25) is 0 Å². The van der Waals surface area contributed by atoms with Crippen LogP contribution in [0.4, 0.5) is 0 Å². The van der Waals surface area contributed by atoms with Gasteiger partial charge in [-0.25, -0.2) is 9.59 Å². The van der Waals surface area contributed by atoms with Gasteiger partial charge in [-0.3, -0.25) is 0 Å². The molecule has 0 atom stereocenters.